The smallest absolute Gasteiger partial charge is 0.332 e. The number of benzene rings is 2. The summed E-state index contributed by atoms with van der Waals surface area (Å²) in [5, 5.41) is 9.64. The molecule has 2 aliphatic heterocycles. The maximum atomic E-state index is 13.2. The van der Waals surface area contributed by atoms with Gasteiger partial charge < -0.3 is 19.5 Å². The van der Waals surface area contributed by atoms with Gasteiger partial charge in [0.05, 0.1) is 12.1 Å². The average Bonchev–Trinajstić information content (AvgIpc) is 3.25. The van der Waals surface area contributed by atoms with E-state index in [1.54, 1.807) is 30.3 Å². The highest BCUT2D eigenvalue weighted by Crippen LogP contribution is 2.38. The molecule has 0 spiro atoms. The van der Waals surface area contributed by atoms with Gasteiger partial charge in [-0.2, -0.15) is 0 Å². The summed E-state index contributed by atoms with van der Waals surface area (Å²) in [7, 11) is 0. The average molecular weight is 449 g/mol. The van der Waals surface area contributed by atoms with E-state index in [0.717, 1.165) is 9.80 Å². The van der Waals surface area contributed by atoms with Crippen molar-refractivity contribution in [2.75, 3.05) is 17.9 Å². The fraction of sp³-hybridized carbons (Fsp3) is 0.250. The largest absolute Gasteiger partial charge is 0.481 e. The van der Waals surface area contributed by atoms with Crippen molar-refractivity contribution in [3.05, 3.63) is 47.0 Å². The van der Waals surface area contributed by atoms with Crippen molar-refractivity contribution in [3.8, 4) is 11.5 Å². The van der Waals surface area contributed by atoms with Crippen LogP contribution in [0.1, 0.15) is 12.0 Å². The first kappa shape index (κ1) is 20.4. The molecular weight excluding hydrogens is 432 g/mol. The molecule has 2 aliphatic rings. The Balaban J connectivity index is 1.69. The molecule has 0 aromatic heterocycles. The van der Waals surface area contributed by atoms with Crippen molar-refractivity contribution in [1.29, 1.82) is 0 Å². The second kappa shape index (κ2) is 8.08. The number of carboxylic acid groups (broad SMARTS) is 1. The zero-order valence-electron chi connectivity index (χ0n) is 15.8. The molecule has 0 aliphatic carbocycles. The van der Waals surface area contributed by atoms with Crippen molar-refractivity contribution in [2.24, 2.45) is 0 Å². The maximum absolute atomic E-state index is 13.2. The third kappa shape index (κ3) is 3.66. The fourth-order valence-electron chi connectivity index (χ4n) is 3.43. The summed E-state index contributed by atoms with van der Waals surface area (Å²) >= 11 is 7.80. The summed E-state index contributed by atoms with van der Waals surface area (Å²) in [5.41, 5.74) is 0.920. The summed E-state index contributed by atoms with van der Waals surface area (Å²) in [6.45, 7) is 0.0220. The third-order valence-corrected chi connectivity index (χ3v) is 5.96. The van der Waals surface area contributed by atoms with Crippen LogP contribution in [-0.4, -0.2) is 47.0 Å². The molecule has 1 N–H and O–H groups in total. The number of urea groups is 1. The number of carboxylic acids is 1. The lowest BCUT2D eigenvalue weighted by Crippen LogP contribution is -2.36. The number of carbonyl (C=O) groups is 3. The summed E-state index contributed by atoms with van der Waals surface area (Å²) in [4.78, 5) is 40.7. The Labute approximate surface area is 181 Å². The number of ether oxygens (including phenoxy) is 2. The van der Waals surface area contributed by atoms with E-state index in [0.29, 0.717) is 27.8 Å². The predicted octanol–water partition coefficient (Wildman–Crippen LogP) is 3.60. The van der Waals surface area contributed by atoms with Gasteiger partial charge in [-0.1, -0.05) is 17.7 Å². The Morgan fingerprint density at radius 1 is 1.23 bits per heavy atom. The number of amides is 3. The first-order valence-corrected chi connectivity index (χ1v) is 10.6. The van der Waals surface area contributed by atoms with Crippen LogP contribution in [0.25, 0.3) is 0 Å². The van der Waals surface area contributed by atoms with Gasteiger partial charge in [-0.25, -0.2) is 9.69 Å². The van der Waals surface area contributed by atoms with E-state index in [-0.39, 0.29) is 13.3 Å². The van der Waals surface area contributed by atoms with Gasteiger partial charge in [-0.3, -0.25) is 9.59 Å². The highest BCUT2D eigenvalue weighted by atomic mass is 35.5. The van der Waals surface area contributed by atoms with Crippen LogP contribution in [0, 0.1) is 0 Å². The SMILES string of the molecule is CSc1cccc(N2C(=O)[C@H](CC(=O)O)N(Cc3cc4c(cc3Cl)OCO4)C2=O)c1. The fourth-order valence-corrected chi connectivity index (χ4v) is 4.10. The number of imide groups is 1. The van der Waals surface area contributed by atoms with E-state index in [1.807, 2.05) is 12.3 Å². The van der Waals surface area contributed by atoms with Crippen LogP contribution < -0.4 is 14.4 Å². The number of fused-ring (bicyclic) bond motifs is 1. The van der Waals surface area contributed by atoms with Crippen molar-refractivity contribution < 1.29 is 29.0 Å². The maximum Gasteiger partial charge on any atom is 0.332 e. The lowest BCUT2D eigenvalue weighted by Gasteiger charge is -2.21. The highest BCUT2D eigenvalue weighted by molar-refractivity contribution is 7.98. The molecule has 1 fully saturated rings. The number of carbonyl (C=O) groups excluding carboxylic acids is 2. The number of hydrogen-bond acceptors (Lipinski definition) is 6. The quantitative estimate of drug-likeness (QED) is 0.532. The van der Waals surface area contributed by atoms with Crippen LogP contribution in [0.15, 0.2) is 41.3 Å². The topological polar surface area (TPSA) is 96.4 Å². The van der Waals surface area contributed by atoms with Crippen LogP contribution in [0.2, 0.25) is 5.02 Å². The van der Waals surface area contributed by atoms with Crippen molar-refractivity contribution in [3.63, 3.8) is 0 Å². The van der Waals surface area contributed by atoms with Gasteiger partial charge in [0.2, 0.25) is 6.79 Å². The highest BCUT2D eigenvalue weighted by Gasteiger charge is 2.47. The number of nitrogens with zero attached hydrogens (tertiary/aromatic N) is 2. The third-order valence-electron chi connectivity index (χ3n) is 4.88. The Morgan fingerprint density at radius 3 is 2.67 bits per heavy atom. The molecule has 8 nitrogen and oxygen atoms in total. The van der Waals surface area contributed by atoms with Gasteiger partial charge in [-0.15, -0.1) is 11.8 Å². The number of hydrogen-bond donors (Lipinski definition) is 1. The minimum absolute atomic E-state index is 0.0449. The second-order valence-electron chi connectivity index (χ2n) is 6.70. The van der Waals surface area contributed by atoms with E-state index < -0.39 is 30.4 Å². The molecule has 156 valence electrons. The molecule has 1 atom stereocenters. The minimum atomic E-state index is -1.18. The Hall–Kier alpha value is -2.91. The summed E-state index contributed by atoms with van der Waals surface area (Å²) < 4.78 is 10.6. The Morgan fingerprint density at radius 2 is 1.97 bits per heavy atom. The molecule has 10 heteroatoms. The zero-order chi connectivity index (χ0) is 21.4. The van der Waals surface area contributed by atoms with E-state index >= 15 is 0 Å². The number of thioether (sulfide) groups is 1. The molecule has 1 saturated heterocycles. The molecule has 0 bridgehead atoms. The van der Waals surface area contributed by atoms with E-state index in [9.17, 15) is 19.5 Å². The Bertz CT molecular complexity index is 1050. The van der Waals surface area contributed by atoms with Gasteiger partial charge in [-0.05, 0) is 36.1 Å². The number of anilines is 1. The van der Waals surface area contributed by atoms with E-state index in [4.69, 9.17) is 21.1 Å². The van der Waals surface area contributed by atoms with E-state index in [1.165, 1.54) is 16.7 Å². The Kier molecular flexibility index (Phi) is 5.48. The van der Waals surface area contributed by atoms with Crippen LogP contribution >= 0.6 is 23.4 Å². The zero-order valence-corrected chi connectivity index (χ0v) is 17.4. The summed E-state index contributed by atoms with van der Waals surface area (Å²) in [6, 6.07) is 8.43. The molecule has 4 rings (SSSR count). The number of aliphatic carboxylic acids is 1. The first-order chi connectivity index (χ1) is 14.4. The first-order valence-electron chi connectivity index (χ1n) is 8.97. The number of rotatable bonds is 6. The van der Waals surface area contributed by atoms with Gasteiger partial charge >= 0.3 is 12.0 Å². The molecule has 3 amide bonds. The van der Waals surface area contributed by atoms with Gasteiger partial charge in [0.1, 0.15) is 6.04 Å². The van der Waals surface area contributed by atoms with Crippen molar-refractivity contribution in [1.82, 2.24) is 4.90 Å². The predicted molar refractivity (Wildman–Crippen MR) is 110 cm³/mol. The molecule has 0 radical (unpaired) electrons. The summed E-state index contributed by atoms with van der Waals surface area (Å²) in [6.07, 6.45) is 1.37. The molecular formula is C20H17ClN2O6S. The monoisotopic (exact) mass is 448 g/mol. The van der Waals surface area contributed by atoms with Crippen LogP contribution in [0.4, 0.5) is 10.5 Å². The van der Waals surface area contributed by atoms with Gasteiger partial charge in [0.15, 0.2) is 11.5 Å². The molecule has 0 unspecified atom stereocenters. The molecule has 2 aromatic rings. The van der Waals surface area contributed by atoms with E-state index in [2.05, 4.69) is 0 Å². The summed E-state index contributed by atoms with van der Waals surface area (Å²) in [5.74, 6) is -0.794. The van der Waals surface area contributed by atoms with Gasteiger partial charge in [0, 0.05) is 22.5 Å². The minimum Gasteiger partial charge on any atom is -0.481 e. The number of halogens is 1. The molecule has 0 saturated carbocycles. The second-order valence-corrected chi connectivity index (χ2v) is 7.98. The molecule has 30 heavy (non-hydrogen) atoms. The lowest BCUT2D eigenvalue weighted by molar-refractivity contribution is -0.140. The molecule has 2 heterocycles. The standard InChI is InChI=1S/C20H17ClN2O6S/c1-30-13-4-2-3-12(6-13)23-19(26)15(8-18(24)25)22(20(23)27)9-11-5-16-17(7-14(11)21)29-10-28-16/h2-7,15H,8-10H2,1H3,(H,24,25)/t15-/m0/s1. The normalized spacial score (nSPS) is 17.7. The van der Waals surface area contributed by atoms with Crippen LogP contribution in [-0.2, 0) is 16.1 Å². The van der Waals surface area contributed by atoms with Crippen molar-refractivity contribution >= 4 is 47.0 Å². The van der Waals surface area contributed by atoms with Crippen LogP contribution in [0.3, 0.4) is 0 Å². The van der Waals surface area contributed by atoms with Crippen LogP contribution in [0.5, 0.6) is 11.5 Å². The lowest BCUT2D eigenvalue weighted by atomic mass is 10.1. The van der Waals surface area contributed by atoms with Gasteiger partial charge in [0.25, 0.3) is 5.91 Å². The molecule has 2 aromatic carbocycles. The van der Waals surface area contributed by atoms with Crippen molar-refractivity contribution in [2.45, 2.75) is 23.9 Å².